The van der Waals surface area contributed by atoms with E-state index < -0.39 is 0 Å². The minimum atomic E-state index is 0.0644. The van der Waals surface area contributed by atoms with Gasteiger partial charge >= 0.3 is 0 Å². The van der Waals surface area contributed by atoms with Gasteiger partial charge in [-0.3, -0.25) is 0 Å². The Labute approximate surface area is 108 Å². The first-order valence-corrected chi connectivity index (χ1v) is 5.81. The lowest BCUT2D eigenvalue weighted by atomic mass is 10.3. The van der Waals surface area contributed by atoms with E-state index in [9.17, 15) is 0 Å². The first-order chi connectivity index (χ1) is 8.85. The SMILES string of the molecule is COCCOCCO.OCCOc1ccccc1. The molecule has 1 aromatic rings. The number of ether oxygens (including phenoxy) is 3. The molecule has 18 heavy (non-hydrogen) atoms. The van der Waals surface area contributed by atoms with Crippen molar-refractivity contribution in [1.29, 1.82) is 0 Å². The maximum Gasteiger partial charge on any atom is 0.119 e. The van der Waals surface area contributed by atoms with Gasteiger partial charge in [0.15, 0.2) is 0 Å². The number of benzene rings is 1. The summed E-state index contributed by atoms with van der Waals surface area (Å²) in [5.74, 6) is 0.802. The smallest absolute Gasteiger partial charge is 0.119 e. The summed E-state index contributed by atoms with van der Waals surface area (Å²) in [6.07, 6.45) is 0. The number of rotatable bonds is 8. The van der Waals surface area contributed by atoms with Crippen LogP contribution in [0.25, 0.3) is 0 Å². The van der Waals surface area contributed by atoms with Crippen LogP contribution in [0, 0.1) is 0 Å². The highest BCUT2D eigenvalue weighted by Gasteiger charge is 1.87. The van der Waals surface area contributed by atoms with E-state index in [2.05, 4.69) is 4.74 Å². The minimum absolute atomic E-state index is 0.0644. The minimum Gasteiger partial charge on any atom is -0.491 e. The van der Waals surface area contributed by atoms with Gasteiger partial charge in [0.2, 0.25) is 0 Å². The molecule has 0 atom stereocenters. The highest BCUT2D eigenvalue weighted by Crippen LogP contribution is 2.06. The molecule has 104 valence electrons. The van der Waals surface area contributed by atoms with E-state index in [1.165, 1.54) is 0 Å². The van der Waals surface area contributed by atoms with Crippen LogP contribution in [-0.2, 0) is 9.47 Å². The molecule has 0 fully saturated rings. The second-order valence-electron chi connectivity index (χ2n) is 3.21. The Balaban J connectivity index is 0.000000331. The van der Waals surface area contributed by atoms with E-state index in [0.29, 0.717) is 26.4 Å². The second kappa shape index (κ2) is 13.9. The maximum absolute atomic E-state index is 8.40. The maximum atomic E-state index is 8.40. The number of hydrogen-bond donors (Lipinski definition) is 2. The van der Waals surface area contributed by atoms with E-state index in [1.807, 2.05) is 30.3 Å². The van der Waals surface area contributed by atoms with Gasteiger partial charge in [-0.25, -0.2) is 0 Å². The fourth-order valence-electron chi connectivity index (χ4n) is 0.989. The first-order valence-electron chi connectivity index (χ1n) is 5.81. The highest BCUT2D eigenvalue weighted by molar-refractivity contribution is 5.20. The quantitative estimate of drug-likeness (QED) is 0.672. The topological polar surface area (TPSA) is 68.2 Å². The number of methoxy groups -OCH3 is 1. The van der Waals surface area contributed by atoms with Crippen LogP contribution in [-0.4, -0.2) is 57.0 Å². The van der Waals surface area contributed by atoms with Crippen LogP contribution in [0.5, 0.6) is 5.75 Å². The van der Waals surface area contributed by atoms with Crippen molar-refractivity contribution in [3.05, 3.63) is 30.3 Å². The van der Waals surface area contributed by atoms with Gasteiger partial charge in [-0.1, -0.05) is 18.2 Å². The number of para-hydroxylation sites is 1. The zero-order chi connectivity index (χ0) is 13.5. The van der Waals surface area contributed by atoms with E-state index in [-0.39, 0.29) is 13.2 Å². The van der Waals surface area contributed by atoms with E-state index in [4.69, 9.17) is 19.7 Å². The summed E-state index contributed by atoms with van der Waals surface area (Å²) in [7, 11) is 1.61. The van der Waals surface area contributed by atoms with Gasteiger partial charge in [0.05, 0.1) is 33.0 Å². The lowest BCUT2D eigenvalue weighted by Gasteiger charge is -2.01. The van der Waals surface area contributed by atoms with Crippen molar-refractivity contribution >= 4 is 0 Å². The molecular weight excluding hydrogens is 236 g/mol. The normalized spacial score (nSPS) is 9.50. The zero-order valence-electron chi connectivity index (χ0n) is 10.7. The van der Waals surface area contributed by atoms with Crippen LogP contribution in [0.4, 0.5) is 0 Å². The van der Waals surface area contributed by atoms with Crippen molar-refractivity contribution < 1.29 is 24.4 Å². The predicted molar refractivity (Wildman–Crippen MR) is 68.8 cm³/mol. The Morgan fingerprint density at radius 2 is 1.56 bits per heavy atom. The number of hydrogen-bond acceptors (Lipinski definition) is 5. The van der Waals surface area contributed by atoms with Gasteiger partial charge < -0.3 is 24.4 Å². The van der Waals surface area contributed by atoms with E-state index in [1.54, 1.807) is 7.11 Å². The van der Waals surface area contributed by atoms with Gasteiger partial charge in [0.1, 0.15) is 12.4 Å². The molecule has 0 aliphatic carbocycles. The van der Waals surface area contributed by atoms with Crippen LogP contribution in [0.1, 0.15) is 0 Å². The molecule has 2 N–H and O–H groups in total. The molecule has 0 radical (unpaired) electrons. The van der Waals surface area contributed by atoms with Gasteiger partial charge in [0, 0.05) is 7.11 Å². The molecule has 1 rings (SSSR count). The highest BCUT2D eigenvalue weighted by atomic mass is 16.5. The lowest BCUT2D eigenvalue weighted by Crippen LogP contribution is -2.05. The van der Waals surface area contributed by atoms with Crippen molar-refractivity contribution in [2.45, 2.75) is 0 Å². The molecule has 0 amide bonds. The first kappa shape index (κ1) is 16.9. The van der Waals surface area contributed by atoms with Gasteiger partial charge in [0.25, 0.3) is 0 Å². The largest absolute Gasteiger partial charge is 0.491 e. The zero-order valence-corrected chi connectivity index (χ0v) is 10.7. The molecule has 0 unspecified atom stereocenters. The average molecular weight is 258 g/mol. The van der Waals surface area contributed by atoms with Crippen molar-refractivity contribution in [3.8, 4) is 5.75 Å². The van der Waals surface area contributed by atoms with Crippen LogP contribution in [0.15, 0.2) is 30.3 Å². The standard InChI is InChI=1S/C8H10O2.C5H12O3/c9-6-7-10-8-4-2-1-3-5-8;1-7-4-5-8-3-2-6/h1-5,9H,6-7H2;6H,2-5H2,1H3. The summed E-state index contributed by atoms with van der Waals surface area (Å²) in [5, 5.41) is 16.6. The van der Waals surface area contributed by atoms with Crippen molar-refractivity contribution in [3.63, 3.8) is 0 Å². The summed E-state index contributed by atoms with van der Waals surface area (Å²) in [6.45, 7) is 2.09. The summed E-state index contributed by atoms with van der Waals surface area (Å²) in [6, 6.07) is 9.43. The number of aliphatic hydroxyl groups excluding tert-OH is 2. The van der Waals surface area contributed by atoms with Crippen LogP contribution in [0.3, 0.4) is 0 Å². The molecule has 0 saturated carbocycles. The third-order valence-corrected chi connectivity index (χ3v) is 1.77. The summed E-state index contributed by atoms with van der Waals surface area (Å²) in [4.78, 5) is 0. The Kier molecular flexibility index (Phi) is 13.0. The summed E-state index contributed by atoms with van der Waals surface area (Å²) < 4.78 is 14.6. The van der Waals surface area contributed by atoms with Crippen molar-refractivity contribution in [2.75, 3.05) is 46.8 Å². The fraction of sp³-hybridized carbons (Fsp3) is 0.538. The molecule has 0 saturated heterocycles. The van der Waals surface area contributed by atoms with Gasteiger partial charge in [-0.2, -0.15) is 0 Å². The van der Waals surface area contributed by atoms with Crippen LogP contribution >= 0.6 is 0 Å². The predicted octanol–water partition coefficient (Wildman–Crippen LogP) is 0.699. The molecule has 5 heteroatoms. The van der Waals surface area contributed by atoms with Gasteiger partial charge in [-0.15, -0.1) is 0 Å². The van der Waals surface area contributed by atoms with Crippen LogP contribution in [0.2, 0.25) is 0 Å². The summed E-state index contributed by atoms with van der Waals surface area (Å²) in [5.41, 5.74) is 0. The molecule has 0 aliphatic rings. The Bertz CT molecular complexity index is 247. The number of aliphatic hydroxyl groups is 2. The summed E-state index contributed by atoms with van der Waals surface area (Å²) >= 11 is 0. The van der Waals surface area contributed by atoms with E-state index in [0.717, 1.165) is 5.75 Å². The monoisotopic (exact) mass is 258 g/mol. The second-order valence-corrected chi connectivity index (χ2v) is 3.21. The fourth-order valence-corrected chi connectivity index (χ4v) is 0.989. The van der Waals surface area contributed by atoms with Gasteiger partial charge in [-0.05, 0) is 12.1 Å². The Hall–Kier alpha value is -1.14. The van der Waals surface area contributed by atoms with Crippen molar-refractivity contribution in [2.24, 2.45) is 0 Å². The molecule has 0 aromatic heterocycles. The van der Waals surface area contributed by atoms with Crippen molar-refractivity contribution in [1.82, 2.24) is 0 Å². The lowest BCUT2D eigenvalue weighted by molar-refractivity contribution is 0.0500. The third-order valence-electron chi connectivity index (χ3n) is 1.77. The molecule has 1 aromatic carbocycles. The molecule has 0 spiro atoms. The Morgan fingerprint density at radius 1 is 0.889 bits per heavy atom. The average Bonchev–Trinajstić information content (AvgIpc) is 2.43. The molecule has 0 aliphatic heterocycles. The third kappa shape index (κ3) is 11.3. The molecule has 5 nitrogen and oxygen atoms in total. The van der Waals surface area contributed by atoms with Crippen LogP contribution < -0.4 is 4.74 Å². The van der Waals surface area contributed by atoms with E-state index >= 15 is 0 Å². The molecule has 0 bridgehead atoms. The Morgan fingerprint density at radius 3 is 2.11 bits per heavy atom. The molecular formula is C13H22O5. The molecule has 0 heterocycles.